The van der Waals surface area contributed by atoms with Gasteiger partial charge in [-0.15, -0.1) is 11.3 Å². The normalized spacial score (nSPS) is 25.1. The zero-order chi connectivity index (χ0) is 12.4. The van der Waals surface area contributed by atoms with Crippen molar-refractivity contribution in [3.8, 4) is 0 Å². The van der Waals surface area contributed by atoms with Gasteiger partial charge in [-0.1, -0.05) is 0 Å². The van der Waals surface area contributed by atoms with E-state index < -0.39 is 0 Å². The molecule has 3 N–H and O–H groups in total. The first-order valence-corrected chi connectivity index (χ1v) is 7.19. The van der Waals surface area contributed by atoms with Gasteiger partial charge in [0.1, 0.15) is 0 Å². The van der Waals surface area contributed by atoms with Crippen molar-refractivity contribution in [1.82, 2.24) is 4.90 Å². The van der Waals surface area contributed by atoms with Gasteiger partial charge in [0.15, 0.2) is 0 Å². The fraction of sp³-hybridized carbons (Fsp3) is 0.692. The maximum Gasteiger partial charge on any atom is 0.0596 e. The highest BCUT2D eigenvalue weighted by atomic mass is 32.1. The van der Waals surface area contributed by atoms with E-state index in [2.05, 4.69) is 30.2 Å². The summed E-state index contributed by atoms with van der Waals surface area (Å²) in [6.07, 6.45) is 2.25. The van der Waals surface area contributed by atoms with Crippen molar-refractivity contribution in [2.75, 3.05) is 13.2 Å². The van der Waals surface area contributed by atoms with E-state index >= 15 is 0 Å². The average molecular weight is 254 g/mol. The minimum atomic E-state index is 0.0968. The van der Waals surface area contributed by atoms with Crippen molar-refractivity contribution in [3.63, 3.8) is 0 Å². The Balaban J connectivity index is 2.26. The molecule has 2 rings (SSSR count). The zero-order valence-corrected chi connectivity index (χ0v) is 11.4. The molecule has 0 aliphatic carbocycles. The van der Waals surface area contributed by atoms with Gasteiger partial charge < -0.3 is 10.8 Å². The van der Waals surface area contributed by atoms with E-state index in [9.17, 15) is 5.11 Å². The van der Waals surface area contributed by atoms with Crippen molar-refractivity contribution >= 4 is 11.3 Å². The van der Waals surface area contributed by atoms with E-state index in [1.54, 1.807) is 11.3 Å². The molecule has 0 bridgehead atoms. The average Bonchev–Trinajstić information content (AvgIpc) is 2.89. The van der Waals surface area contributed by atoms with Gasteiger partial charge in [-0.25, -0.2) is 0 Å². The topological polar surface area (TPSA) is 49.5 Å². The lowest BCUT2D eigenvalue weighted by Crippen LogP contribution is -2.43. The molecule has 96 valence electrons. The highest BCUT2D eigenvalue weighted by Gasteiger charge is 2.34. The Morgan fingerprint density at radius 3 is 2.94 bits per heavy atom. The van der Waals surface area contributed by atoms with E-state index in [1.165, 1.54) is 16.9 Å². The SMILES string of the molecule is Cc1ccsc1C(C(C)N)N1CCCC1CO. The second kappa shape index (κ2) is 5.48. The molecule has 0 saturated carbocycles. The zero-order valence-electron chi connectivity index (χ0n) is 10.6. The van der Waals surface area contributed by atoms with Gasteiger partial charge in [0.05, 0.1) is 12.6 Å². The van der Waals surface area contributed by atoms with Crippen LogP contribution in [0, 0.1) is 6.92 Å². The Kier molecular flexibility index (Phi) is 4.20. The molecular formula is C13H22N2OS. The predicted octanol–water partition coefficient (Wildman–Crippen LogP) is 1.90. The number of thiophene rings is 1. The number of hydrogen-bond donors (Lipinski definition) is 2. The second-order valence-corrected chi connectivity index (χ2v) is 5.94. The number of hydrogen-bond acceptors (Lipinski definition) is 4. The van der Waals surface area contributed by atoms with Crippen molar-refractivity contribution in [3.05, 3.63) is 21.9 Å². The van der Waals surface area contributed by atoms with Crippen LogP contribution in [0.25, 0.3) is 0 Å². The van der Waals surface area contributed by atoms with Crippen LogP contribution in [0.1, 0.15) is 36.2 Å². The number of aryl methyl sites for hydroxylation is 1. The Hall–Kier alpha value is -0.420. The van der Waals surface area contributed by atoms with Crippen molar-refractivity contribution in [2.24, 2.45) is 5.73 Å². The molecule has 2 heterocycles. The second-order valence-electron chi connectivity index (χ2n) is 4.99. The molecular weight excluding hydrogens is 232 g/mol. The van der Waals surface area contributed by atoms with Gasteiger partial charge in [0, 0.05) is 17.0 Å². The third-order valence-electron chi connectivity index (χ3n) is 3.66. The summed E-state index contributed by atoms with van der Waals surface area (Å²) in [7, 11) is 0. The summed E-state index contributed by atoms with van der Waals surface area (Å²) < 4.78 is 0. The Bertz CT molecular complexity index is 364. The Morgan fingerprint density at radius 1 is 1.65 bits per heavy atom. The third kappa shape index (κ3) is 2.55. The van der Waals surface area contributed by atoms with Crippen LogP contribution in [-0.4, -0.2) is 35.2 Å². The maximum atomic E-state index is 9.45. The number of nitrogens with zero attached hydrogens (tertiary/aromatic N) is 1. The van der Waals surface area contributed by atoms with Crippen molar-refractivity contribution in [2.45, 2.75) is 44.8 Å². The summed E-state index contributed by atoms with van der Waals surface area (Å²) in [6, 6.07) is 2.79. The van der Waals surface area contributed by atoms with Crippen LogP contribution in [0.2, 0.25) is 0 Å². The van der Waals surface area contributed by atoms with E-state index in [4.69, 9.17) is 5.73 Å². The molecule has 1 saturated heterocycles. The Labute approximate surface area is 107 Å². The monoisotopic (exact) mass is 254 g/mol. The van der Waals surface area contributed by atoms with Crippen LogP contribution in [-0.2, 0) is 0 Å². The maximum absolute atomic E-state index is 9.45. The lowest BCUT2D eigenvalue weighted by Gasteiger charge is -2.34. The molecule has 1 aromatic rings. The molecule has 4 heteroatoms. The van der Waals surface area contributed by atoms with Gasteiger partial charge >= 0.3 is 0 Å². The van der Waals surface area contributed by atoms with Crippen LogP contribution in [0.5, 0.6) is 0 Å². The fourth-order valence-electron chi connectivity index (χ4n) is 2.80. The predicted molar refractivity (Wildman–Crippen MR) is 72.3 cm³/mol. The molecule has 3 nitrogen and oxygen atoms in total. The molecule has 1 aliphatic heterocycles. The number of likely N-dealkylation sites (tertiary alicyclic amines) is 1. The smallest absolute Gasteiger partial charge is 0.0596 e. The van der Waals surface area contributed by atoms with E-state index in [-0.39, 0.29) is 24.7 Å². The van der Waals surface area contributed by atoms with Crippen molar-refractivity contribution in [1.29, 1.82) is 0 Å². The van der Waals surface area contributed by atoms with Gasteiger partial charge in [-0.2, -0.15) is 0 Å². The van der Waals surface area contributed by atoms with Gasteiger partial charge in [0.25, 0.3) is 0 Å². The van der Waals surface area contributed by atoms with Crippen molar-refractivity contribution < 1.29 is 5.11 Å². The highest BCUT2D eigenvalue weighted by molar-refractivity contribution is 7.10. The highest BCUT2D eigenvalue weighted by Crippen LogP contribution is 2.35. The lowest BCUT2D eigenvalue weighted by atomic mass is 10.0. The summed E-state index contributed by atoms with van der Waals surface area (Å²) in [5.41, 5.74) is 7.50. The first kappa shape index (κ1) is 13.0. The van der Waals surface area contributed by atoms with Gasteiger partial charge in [0.2, 0.25) is 0 Å². The van der Waals surface area contributed by atoms with Gasteiger partial charge in [-0.3, -0.25) is 4.90 Å². The lowest BCUT2D eigenvalue weighted by molar-refractivity contribution is 0.109. The number of rotatable bonds is 4. The summed E-state index contributed by atoms with van der Waals surface area (Å²) >= 11 is 1.78. The molecule has 0 radical (unpaired) electrons. The number of aliphatic hydroxyl groups is 1. The summed E-state index contributed by atoms with van der Waals surface area (Å²) in [6.45, 7) is 5.50. The summed E-state index contributed by atoms with van der Waals surface area (Å²) in [5.74, 6) is 0. The number of aliphatic hydroxyl groups excluding tert-OH is 1. The fourth-order valence-corrected chi connectivity index (χ4v) is 3.96. The molecule has 0 amide bonds. The summed E-state index contributed by atoms with van der Waals surface area (Å²) in [4.78, 5) is 3.75. The summed E-state index contributed by atoms with van der Waals surface area (Å²) in [5, 5.41) is 11.6. The molecule has 3 unspecified atom stereocenters. The van der Waals surface area contributed by atoms with Crippen LogP contribution in [0.15, 0.2) is 11.4 Å². The van der Waals surface area contributed by atoms with E-state index in [0.29, 0.717) is 0 Å². The molecule has 1 fully saturated rings. The largest absolute Gasteiger partial charge is 0.395 e. The van der Waals surface area contributed by atoms with E-state index in [1.807, 2.05) is 0 Å². The van der Waals surface area contributed by atoms with Crippen LogP contribution in [0.3, 0.4) is 0 Å². The van der Waals surface area contributed by atoms with Crippen LogP contribution in [0.4, 0.5) is 0 Å². The first-order chi connectivity index (χ1) is 8.15. The van der Waals surface area contributed by atoms with Gasteiger partial charge in [-0.05, 0) is 50.2 Å². The standard InChI is InChI=1S/C13H22N2OS/c1-9-5-7-17-13(9)12(10(2)14)15-6-3-4-11(15)8-16/h5,7,10-12,16H,3-4,6,8,14H2,1-2H3. The molecule has 3 atom stereocenters. The molecule has 0 spiro atoms. The van der Waals surface area contributed by atoms with Crippen LogP contribution < -0.4 is 5.73 Å². The molecule has 17 heavy (non-hydrogen) atoms. The minimum Gasteiger partial charge on any atom is -0.395 e. The van der Waals surface area contributed by atoms with E-state index in [0.717, 1.165) is 13.0 Å². The molecule has 1 aliphatic rings. The third-order valence-corrected chi connectivity index (χ3v) is 4.75. The minimum absolute atomic E-state index is 0.0968. The molecule has 1 aromatic heterocycles. The molecule has 0 aromatic carbocycles. The quantitative estimate of drug-likeness (QED) is 0.863. The van der Waals surface area contributed by atoms with Crippen LogP contribution >= 0.6 is 11.3 Å². The first-order valence-electron chi connectivity index (χ1n) is 6.31. The number of nitrogens with two attached hydrogens (primary N) is 1. The Morgan fingerprint density at radius 2 is 2.41 bits per heavy atom.